The molecule has 1 aromatic heterocycles. The summed E-state index contributed by atoms with van der Waals surface area (Å²) in [6.07, 6.45) is 0. The Balaban J connectivity index is 1.70. The standard InChI is InChI=1S/C17H12Cl2FN3O/c18-12-3-1-2-10(6-12)15-8-16(23-22-15)17(24)21-9-11-4-5-13(20)7-14(11)19/h1-8H,9H2,(H,21,24)(H,22,23). The number of benzene rings is 2. The molecule has 1 heterocycles. The van der Waals surface area contributed by atoms with Crippen LogP contribution >= 0.6 is 23.2 Å². The molecule has 2 N–H and O–H groups in total. The van der Waals surface area contributed by atoms with E-state index in [4.69, 9.17) is 23.2 Å². The summed E-state index contributed by atoms with van der Waals surface area (Å²) >= 11 is 11.9. The molecule has 2 aromatic carbocycles. The first kappa shape index (κ1) is 16.5. The molecule has 24 heavy (non-hydrogen) atoms. The van der Waals surface area contributed by atoms with Crippen LogP contribution in [0, 0.1) is 5.82 Å². The Kier molecular flexibility index (Phi) is 4.83. The molecule has 0 unspecified atom stereocenters. The molecule has 0 spiro atoms. The lowest BCUT2D eigenvalue weighted by Gasteiger charge is -2.05. The van der Waals surface area contributed by atoms with Crippen LogP contribution in [0.15, 0.2) is 48.5 Å². The van der Waals surface area contributed by atoms with E-state index in [2.05, 4.69) is 15.5 Å². The minimum atomic E-state index is -0.421. The summed E-state index contributed by atoms with van der Waals surface area (Å²) in [6, 6.07) is 12.8. The highest BCUT2D eigenvalue weighted by atomic mass is 35.5. The zero-order valence-corrected chi connectivity index (χ0v) is 13.8. The first-order chi connectivity index (χ1) is 11.5. The van der Waals surface area contributed by atoms with Crippen LogP contribution in [0.3, 0.4) is 0 Å². The van der Waals surface area contributed by atoms with Crippen molar-refractivity contribution in [2.24, 2.45) is 0 Å². The Bertz CT molecular complexity index is 895. The van der Waals surface area contributed by atoms with Gasteiger partial charge in [0.15, 0.2) is 0 Å². The van der Waals surface area contributed by atoms with Crippen molar-refractivity contribution >= 4 is 29.1 Å². The maximum Gasteiger partial charge on any atom is 0.269 e. The van der Waals surface area contributed by atoms with E-state index in [1.807, 2.05) is 12.1 Å². The molecule has 0 aliphatic heterocycles. The lowest BCUT2D eigenvalue weighted by Crippen LogP contribution is -2.23. The summed E-state index contributed by atoms with van der Waals surface area (Å²) in [6.45, 7) is 0.184. The van der Waals surface area contributed by atoms with Crippen LogP contribution in [0.5, 0.6) is 0 Å². The Morgan fingerprint density at radius 2 is 2.00 bits per heavy atom. The molecular weight excluding hydrogens is 352 g/mol. The van der Waals surface area contributed by atoms with Gasteiger partial charge in [0, 0.05) is 22.2 Å². The summed E-state index contributed by atoms with van der Waals surface area (Å²) in [5, 5.41) is 10.4. The van der Waals surface area contributed by atoms with Crippen molar-refractivity contribution in [2.45, 2.75) is 6.54 Å². The van der Waals surface area contributed by atoms with E-state index < -0.39 is 5.82 Å². The summed E-state index contributed by atoms with van der Waals surface area (Å²) in [5.74, 6) is -0.758. The second kappa shape index (κ2) is 7.03. The van der Waals surface area contributed by atoms with Gasteiger partial charge in [-0.05, 0) is 35.9 Å². The fourth-order valence-corrected chi connectivity index (χ4v) is 2.59. The summed E-state index contributed by atoms with van der Waals surface area (Å²) < 4.78 is 13.0. The van der Waals surface area contributed by atoms with Gasteiger partial charge >= 0.3 is 0 Å². The highest BCUT2D eigenvalue weighted by molar-refractivity contribution is 6.31. The number of rotatable bonds is 4. The topological polar surface area (TPSA) is 57.8 Å². The average molecular weight is 364 g/mol. The van der Waals surface area contributed by atoms with Crippen LogP contribution < -0.4 is 5.32 Å². The number of hydrogen-bond acceptors (Lipinski definition) is 2. The number of carbonyl (C=O) groups excluding carboxylic acids is 1. The van der Waals surface area contributed by atoms with Crippen molar-refractivity contribution in [1.29, 1.82) is 0 Å². The van der Waals surface area contributed by atoms with Gasteiger partial charge in [-0.25, -0.2) is 4.39 Å². The fourth-order valence-electron chi connectivity index (χ4n) is 2.17. The molecule has 122 valence electrons. The van der Waals surface area contributed by atoms with Crippen molar-refractivity contribution < 1.29 is 9.18 Å². The van der Waals surface area contributed by atoms with Crippen LogP contribution in [-0.2, 0) is 6.54 Å². The maximum atomic E-state index is 13.0. The minimum absolute atomic E-state index is 0.184. The number of amides is 1. The van der Waals surface area contributed by atoms with Crippen LogP contribution in [0.4, 0.5) is 4.39 Å². The van der Waals surface area contributed by atoms with Crippen LogP contribution in [0.1, 0.15) is 16.1 Å². The van der Waals surface area contributed by atoms with Gasteiger partial charge in [-0.1, -0.05) is 41.4 Å². The Morgan fingerprint density at radius 3 is 2.75 bits per heavy atom. The van der Waals surface area contributed by atoms with E-state index in [1.165, 1.54) is 18.2 Å². The minimum Gasteiger partial charge on any atom is -0.347 e. The quantitative estimate of drug-likeness (QED) is 0.719. The molecule has 4 nitrogen and oxygen atoms in total. The Morgan fingerprint density at radius 1 is 1.17 bits per heavy atom. The van der Waals surface area contributed by atoms with Gasteiger partial charge in [-0.15, -0.1) is 0 Å². The third-order valence-corrected chi connectivity index (χ3v) is 3.98. The van der Waals surface area contributed by atoms with Crippen LogP contribution in [-0.4, -0.2) is 16.1 Å². The number of aromatic nitrogens is 2. The maximum absolute atomic E-state index is 13.0. The predicted molar refractivity (Wildman–Crippen MR) is 91.6 cm³/mol. The number of hydrogen-bond donors (Lipinski definition) is 2. The molecule has 0 aliphatic carbocycles. The highest BCUT2D eigenvalue weighted by Crippen LogP contribution is 2.21. The molecule has 0 saturated heterocycles. The third-order valence-electron chi connectivity index (χ3n) is 3.40. The monoisotopic (exact) mass is 363 g/mol. The Hall–Kier alpha value is -2.37. The summed E-state index contributed by atoms with van der Waals surface area (Å²) in [7, 11) is 0. The molecule has 0 saturated carbocycles. The summed E-state index contributed by atoms with van der Waals surface area (Å²) in [5.41, 5.74) is 2.35. The average Bonchev–Trinajstić information content (AvgIpc) is 3.04. The molecule has 1 amide bonds. The molecular formula is C17H12Cl2FN3O. The third kappa shape index (κ3) is 3.75. The SMILES string of the molecule is O=C(NCc1ccc(F)cc1Cl)c1cc(-c2cccc(Cl)c2)n[nH]1. The zero-order valence-electron chi connectivity index (χ0n) is 12.3. The second-order valence-electron chi connectivity index (χ2n) is 5.10. The molecule has 0 atom stereocenters. The van der Waals surface area contributed by atoms with Crippen molar-refractivity contribution in [3.8, 4) is 11.3 Å². The first-order valence-corrected chi connectivity index (χ1v) is 7.82. The zero-order chi connectivity index (χ0) is 17.1. The summed E-state index contributed by atoms with van der Waals surface area (Å²) in [4.78, 5) is 12.2. The number of aromatic amines is 1. The molecule has 7 heteroatoms. The van der Waals surface area contributed by atoms with Crippen LogP contribution in [0.2, 0.25) is 10.0 Å². The van der Waals surface area contributed by atoms with E-state index in [0.29, 0.717) is 22.0 Å². The lowest BCUT2D eigenvalue weighted by atomic mass is 10.1. The predicted octanol–water partition coefficient (Wildman–Crippen LogP) is 4.45. The first-order valence-electron chi connectivity index (χ1n) is 7.06. The number of nitrogens with zero attached hydrogens (tertiary/aromatic N) is 1. The largest absolute Gasteiger partial charge is 0.347 e. The fraction of sp³-hybridized carbons (Fsp3) is 0.0588. The molecule has 0 aliphatic rings. The van der Waals surface area contributed by atoms with Crippen molar-refractivity contribution in [2.75, 3.05) is 0 Å². The van der Waals surface area contributed by atoms with E-state index in [9.17, 15) is 9.18 Å². The van der Waals surface area contributed by atoms with Crippen molar-refractivity contribution in [3.63, 3.8) is 0 Å². The van der Waals surface area contributed by atoms with Gasteiger partial charge in [0.2, 0.25) is 0 Å². The van der Waals surface area contributed by atoms with Gasteiger partial charge in [-0.3, -0.25) is 9.89 Å². The molecule has 0 bridgehead atoms. The van der Waals surface area contributed by atoms with Gasteiger partial charge in [0.25, 0.3) is 5.91 Å². The van der Waals surface area contributed by atoms with E-state index in [1.54, 1.807) is 18.2 Å². The van der Waals surface area contributed by atoms with Crippen molar-refractivity contribution in [3.05, 3.63) is 75.7 Å². The van der Waals surface area contributed by atoms with Crippen LogP contribution in [0.25, 0.3) is 11.3 Å². The molecule has 0 fully saturated rings. The normalized spacial score (nSPS) is 10.6. The van der Waals surface area contributed by atoms with E-state index in [0.717, 1.165) is 5.56 Å². The molecule has 0 radical (unpaired) electrons. The van der Waals surface area contributed by atoms with Gasteiger partial charge in [0.1, 0.15) is 11.5 Å². The molecule has 3 aromatic rings. The number of nitrogens with one attached hydrogen (secondary N) is 2. The van der Waals surface area contributed by atoms with E-state index in [-0.39, 0.29) is 17.5 Å². The van der Waals surface area contributed by atoms with Crippen molar-refractivity contribution in [1.82, 2.24) is 15.5 Å². The second-order valence-corrected chi connectivity index (χ2v) is 5.94. The number of H-pyrrole nitrogens is 1. The number of halogens is 3. The lowest BCUT2D eigenvalue weighted by molar-refractivity contribution is 0.0946. The van der Waals surface area contributed by atoms with Gasteiger partial charge in [0.05, 0.1) is 5.69 Å². The Labute approximate surface area is 147 Å². The van der Waals surface area contributed by atoms with Gasteiger partial charge in [-0.2, -0.15) is 5.10 Å². The smallest absolute Gasteiger partial charge is 0.269 e. The van der Waals surface area contributed by atoms with Gasteiger partial charge < -0.3 is 5.32 Å². The molecule has 3 rings (SSSR count). The highest BCUT2D eigenvalue weighted by Gasteiger charge is 2.12. The number of carbonyl (C=O) groups is 1. The van der Waals surface area contributed by atoms with E-state index >= 15 is 0 Å².